The van der Waals surface area contributed by atoms with E-state index in [1.165, 1.54) is 0 Å². The van der Waals surface area contributed by atoms with Crippen molar-refractivity contribution in [2.45, 2.75) is 6.92 Å². The van der Waals surface area contributed by atoms with Gasteiger partial charge in [0.05, 0.1) is 6.20 Å². The second kappa shape index (κ2) is 3.77. The van der Waals surface area contributed by atoms with Crippen LogP contribution in [0.25, 0.3) is 11.3 Å². The number of hydrogen-bond donors (Lipinski definition) is 0. The van der Waals surface area contributed by atoms with Crippen molar-refractivity contribution in [1.82, 2.24) is 4.98 Å². The van der Waals surface area contributed by atoms with Crippen molar-refractivity contribution < 1.29 is 8.78 Å². The SMILES string of the molecule is Cc1[c]cccc1-c1ncc(F)cc1F. The third-order valence-electron chi connectivity index (χ3n) is 2.13. The standard InChI is InChI=1S/C12H8F2N/c1-8-4-2-3-5-10(8)12-11(14)6-9(13)7-15-12/h2-3,5-7H,1H3. The first-order chi connectivity index (χ1) is 7.18. The van der Waals surface area contributed by atoms with Gasteiger partial charge in [-0.2, -0.15) is 0 Å². The molecular formula is C12H8F2N. The van der Waals surface area contributed by atoms with Crippen molar-refractivity contribution in [3.8, 4) is 11.3 Å². The van der Waals surface area contributed by atoms with E-state index in [1.54, 1.807) is 25.1 Å². The predicted octanol–water partition coefficient (Wildman–Crippen LogP) is 3.14. The smallest absolute Gasteiger partial charge is 0.152 e. The summed E-state index contributed by atoms with van der Waals surface area (Å²) < 4.78 is 26.1. The van der Waals surface area contributed by atoms with Crippen LogP contribution in [-0.4, -0.2) is 4.98 Å². The first kappa shape index (κ1) is 9.77. The van der Waals surface area contributed by atoms with Crippen LogP contribution in [0.4, 0.5) is 8.78 Å². The Bertz CT molecular complexity index is 495. The molecule has 0 saturated carbocycles. The Hall–Kier alpha value is -1.77. The van der Waals surface area contributed by atoms with Gasteiger partial charge in [-0.3, -0.25) is 4.98 Å². The van der Waals surface area contributed by atoms with E-state index >= 15 is 0 Å². The molecule has 2 aromatic rings. The first-order valence-electron chi connectivity index (χ1n) is 4.47. The minimum Gasteiger partial charge on any atom is -0.250 e. The fourth-order valence-electron chi connectivity index (χ4n) is 1.39. The van der Waals surface area contributed by atoms with Crippen LogP contribution in [0, 0.1) is 24.6 Å². The van der Waals surface area contributed by atoms with Gasteiger partial charge in [-0.1, -0.05) is 18.2 Å². The number of hydrogen-bond acceptors (Lipinski definition) is 1. The molecule has 15 heavy (non-hydrogen) atoms. The second-order valence-electron chi connectivity index (χ2n) is 3.19. The molecule has 1 aromatic heterocycles. The summed E-state index contributed by atoms with van der Waals surface area (Å²) in [6.45, 7) is 1.81. The molecule has 0 aliphatic heterocycles. The minimum absolute atomic E-state index is 0.158. The fourth-order valence-corrected chi connectivity index (χ4v) is 1.39. The molecule has 0 bridgehead atoms. The lowest BCUT2D eigenvalue weighted by Gasteiger charge is -2.05. The largest absolute Gasteiger partial charge is 0.250 e. The van der Waals surface area contributed by atoms with E-state index in [9.17, 15) is 8.78 Å². The van der Waals surface area contributed by atoms with E-state index in [0.29, 0.717) is 5.56 Å². The third-order valence-corrected chi connectivity index (χ3v) is 2.13. The number of aromatic nitrogens is 1. The van der Waals surface area contributed by atoms with Gasteiger partial charge in [0.25, 0.3) is 0 Å². The van der Waals surface area contributed by atoms with Crippen molar-refractivity contribution in [2.24, 2.45) is 0 Å². The zero-order valence-corrected chi connectivity index (χ0v) is 8.09. The first-order valence-corrected chi connectivity index (χ1v) is 4.47. The minimum atomic E-state index is -0.672. The van der Waals surface area contributed by atoms with Crippen molar-refractivity contribution in [3.05, 3.63) is 53.7 Å². The summed E-state index contributed by atoms with van der Waals surface area (Å²) in [5, 5.41) is 0. The molecule has 1 nitrogen and oxygen atoms in total. The molecule has 75 valence electrons. The topological polar surface area (TPSA) is 12.9 Å². The quantitative estimate of drug-likeness (QED) is 0.695. The summed E-state index contributed by atoms with van der Waals surface area (Å²) in [7, 11) is 0. The maximum absolute atomic E-state index is 13.4. The van der Waals surface area contributed by atoms with Gasteiger partial charge < -0.3 is 0 Å². The number of rotatable bonds is 1. The van der Waals surface area contributed by atoms with Crippen LogP contribution in [0.2, 0.25) is 0 Å². The lowest BCUT2D eigenvalue weighted by atomic mass is 10.1. The summed E-state index contributed by atoms with van der Waals surface area (Å²) in [5.41, 5.74) is 1.58. The molecule has 2 rings (SSSR count). The highest BCUT2D eigenvalue weighted by Gasteiger charge is 2.09. The lowest BCUT2D eigenvalue weighted by molar-refractivity contribution is 0.576. The molecule has 0 fully saturated rings. The van der Waals surface area contributed by atoms with Crippen LogP contribution >= 0.6 is 0 Å². The molecule has 0 unspecified atom stereocenters. The number of aryl methyl sites for hydroxylation is 1. The zero-order valence-electron chi connectivity index (χ0n) is 8.09. The summed E-state index contributed by atoms with van der Waals surface area (Å²) in [4.78, 5) is 3.74. The molecule has 0 aliphatic carbocycles. The van der Waals surface area contributed by atoms with Crippen LogP contribution in [0.1, 0.15) is 5.56 Å². The Morgan fingerprint density at radius 1 is 1.33 bits per heavy atom. The van der Waals surface area contributed by atoms with Crippen LogP contribution in [0.3, 0.4) is 0 Å². The Kier molecular flexibility index (Phi) is 2.46. The van der Waals surface area contributed by atoms with Crippen LogP contribution in [-0.2, 0) is 0 Å². The summed E-state index contributed by atoms with van der Waals surface area (Å²) >= 11 is 0. The zero-order chi connectivity index (χ0) is 10.8. The molecule has 1 aromatic carbocycles. The summed E-state index contributed by atoms with van der Waals surface area (Å²) in [6, 6.07) is 8.98. The van der Waals surface area contributed by atoms with Crippen LogP contribution < -0.4 is 0 Å². The number of pyridine rings is 1. The Labute approximate surface area is 86.4 Å². The highest BCUT2D eigenvalue weighted by molar-refractivity contribution is 5.63. The number of nitrogens with zero attached hydrogens (tertiary/aromatic N) is 1. The molecule has 0 saturated heterocycles. The Morgan fingerprint density at radius 2 is 2.13 bits per heavy atom. The maximum atomic E-state index is 13.4. The highest BCUT2D eigenvalue weighted by Crippen LogP contribution is 2.23. The molecular weight excluding hydrogens is 196 g/mol. The van der Waals surface area contributed by atoms with E-state index < -0.39 is 11.6 Å². The molecule has 0 amide bonds. The monoisotopic (exact) mass is 204 g/mol. The molecule has 0 N–H and O–H groups in total. The second-order valence-corrected chi connectivity index (χ2v) is 3.19. The van der Waals surface area contributed by atoms with E-state index in [1.807, 2.05) is 0 Å². The van der Waals surface area contributed by atoms with Crippen molar-refractivity contribution in [1.29, 1.82) is 0 Å². The van der Waals surface area contributed by atoms with E-state index in [2.05, 4.69) is 11.1 Å². The number of halogens is 2. The molecule has 1 heterocycles. The van der Waals surface area contributed by atoms with Crippen LogP contribution in [0.15, 0.2) is 30.5 Å². The average Bonchev–Trinajstić information content (AvgIpc) is 2.20. The van der Waals surface area contributed by atoms with Gasteiger partial charge >= 0.3 is 0 Å². The van der Waals surface area contributed by atoms with Gasteiger partial charge in [-0.05, 0) is 18.6 Å². The number of benzene rings is 1. The normalized spacial score (nSPS) is 10.3. The molecule has 3 heteroatoms. The van der Waals surface area contributed by atoms with Crippen molar-refractivity contribution in [3.63, 3.8) is 0 Å². The third kappa shape index (κ3) is 1.86. The molecule has 0 aliphatic rings. The maximum Gasteiger partial charge on any atom is 0.152 e. The molecule has 1 radical (unpaired) electrons. The van der Waals surface area contributed by atoms with Gasteiger partial charge in [-0.15, -0.1) is 0 Å². The Morgan fingerprint density at radius 3 is 2.80 bits per heavy atom. The summed E-state index contributed by atoms with van der Waals surface area (Å²) in [6.07, 6.45) is 1.00. The van der Waals surface area contributed by atoms with Gasteiger partial charge in [0.1, 0.15) is 11.5 Å². The van der Waals surface area contributed by atoms with Crippen molar-refractivity contribution >= 4 is 0 Å². The highest BCUT2D eigenvalue weighted by atomic mass is 19.1. The van der Waals surface area contributed by atoms with E-state index in [-0.39, 0.29) is 5.69 Å². The van der Waals surface area contributed by atoms with Crippen LogP contribution in [0.5, 0.6) is 0 Å². The fraction of sp³-hybridized carbons (Fsp3) is 0.0833. The predicted molar refractivity (Wildman–Crippen MR) is 53.2 cm³/mol. The van der Waals surface area contributed by atoms with Crippen molar-refractivity contribution in [2.75, 3.05) is 0 Å². The average molecular weight is 204 g/mol. The van der Waals surface area contributed by atoms with E-state index in [4.69, 9.17) is 0 Å². The molecule has 0 spiro atoms. The summed E-state index contributed by atoms with van der Waals surface area (Å²) in [5.74, 6) is -1.33. The lowest BCUT2D eigenvalue weighted by Crippen LogP contribution is -1.92. The molecule has 0 atom stereocenters. The van der Waals surface area contributed by atoms with Gasteiger partial charge in [-0.25, -0.2) is 8.78 Å². The van der Waals surface area contributed by atoms with Gasteiger partial charge in [0, 0.05) is 11.6 Å². The van der Waals surface area contributed by atoms with E-state index in [0.717, 1.165) is 17.8 Å². The van der Waals surface area contributed by atoms with Gasteiger partial charge in [0.15, 0.2) is 5.82 Å². The van der Waals surface area contributed by atoms with Gasteiger partial charge in [0.2, 0.25) is 0 Å². The Balaban J connectivity index is 2.60.